The van der Waals surface area contributed by atoms with Crippen LogP contribution in [0.2, 0.25) is 0 Å². The fraction of sp³-hybridized carbons (Fsp3) is 0.684. The molecule has 2 N–H and O–H groups in total. The van der Waals surface area contributed by atoms with Gasteiger partial charge in [0.05, 0.1) is 5.56 Å². The lowest BCUT2D eigenvalue weighted by Gasteiger charge is -2.16. The molecular weight excluding hydrogens is 336 g/mol. The minimum Gasteiger partial charge on any atom is -0.368 e. The molecule has 5 nitrogen and oxygen atoms in total. The van der Waals surface area contributed by atoms with Gasteiger partial charge < -0.3 is 15.4 Å². The van der Waals surface area contributed by atoms with E-state index in [4.69, 9.17) is 4.74 Å². The molecule has 2 heterocycles. The molecule has 0 bridgehead atoms. The van der Waals surface area contributed by atoms with Crippen LogP contribution in [0.1, 0.15) is 72.2 Å². The first kappa shape index (κ1) is 17.0. The molecule has 1 aromatic heterocycles. The maximum atomic E-state index is 13.0. The average Bonchev–Trinajstić information content (AvgIpc) is 3.35. The third-order valence-corrected chi connectivity index (χ3v) is 6.75. The van der Waals surface area contributed by atoms with Crippen molar-refractivity contribution >= 4 is 28.2 Å². The monoisotopic (exact) mass is 362 g/mol. The Morgan fingerprint density at radius 1 is 1.00 bits per heavy atom. The van der Waals surface area contributed by atoms with E-state index < -0.39 is 0 Å². The summed E-state index contributed by atoms with van der Waals surface area (Å²) in [5.41, 5.74) is 1.88. The van der Waals surface area contributed by atoms with Gasteiger partial charge in [0.15, 0.2) is 0 Å². The molecule has 25 heavy (non-hydrogen) atoms. The predicted molar refractivity (Wildman–Crippen MR) is 98.3 cm³/mol. The number of anilines is 1. The number of ether oxygens (including phenoxy) is 1. The minimum absolute atomic E-state index is 0.00561. The second-order valence-electron chi connectivity index (χ2n) is 7.36. The Morgan fingerprint density at radius 3 is 2.56 bits per heavy atom. The lowest BCUT2D eigenvalue weighted by molar-refractivity contribution is -0.124. The van der Waals surface area contributed by atoms with Crippen LogP contribution in [0.4, 0.5) is 5.00 Å². The highest BCUT2D eigenvalue weighted by molar-refractivity contribution is 7.17. The molecule has 1 saturated carbocycles. The molecule has 1 saturated heterocycles. The zero-order valence-electron chi connectivity index (χ0n) is 14.6. The molecule has 1 atom stereocenters. The number of aryl methyl sites for hydroxylation is 1. The maximum absolute atomic E-state index is 13.0. The lowest BCUT2D eigenvalue weighted by atomic mass is 9.95. The zero-order valence-corrected chi connectivity index (χ0v) is 15.4. The molecule has 4 rings (SSSR count). The molecule has 0 unspecified atom stereocenters. The smallest absolute Gasteiger partial charge is 0.254 e. The zero-order chi connectivity index (χ0) is 17.2. The van der Waals surface area contributed by atoms with Gasteiger partial charge in [0.1, 0.15) is 11.1 Å². The SMILES string of the molecule is O=C(NC1CCCC1)c1c(NC(=O)[C@H]2CCCO2)sc2c1CCCC2. The molecule has 0 aromatic carbocycles. The van der Waals surface area contributed by atoms with Gasteiger partial charge in [-0.15, -0.1) is 11.3 Å². The number of thiophene rings is 1. The van der Waals surface area contributed by atoms with Gasteiger partial charge in [-0.25, -0.2) is 0 Å². The molecule has 2 amide bonds. The van der Waals surface area contributed by atoms with Gasteiger partial charge in [-0.3, -0.25) is 9.59 Å². The Kier molecular flexibility index (Phi) is 5.08. The molecular formula is C19H26N2O3S. The summed E-state index contributed by atoms with van der Waals surface area (Å²) >= 11 is 1.59. The molecule has 1 aliphatic heterocycles. The fourth-order valence-corrected chi connectivity index (χ4v) is 5.49. The van der Waals surface area contributed by atoms with Gasteiger partial charge >= 0.3 is 0 Å². The Bertz CT molecular complexity index is 658. The summed E-state index contributed by atoms with van der Waals surface area (Å²) in [6, 6.07) is 0.286. The van der Waals surface area contributed by atoms with Gasteiger partial charge in [-0.1, -0.05) is 12.8 Å². The van der Waals surface area contributed by atoms with E-state index in [0.717, 1.165) is 67.5 Å². The number of carbonyl (C=O) groups excluding carboxylic acids is 2. The summed E-state index contributed by atoms with van der Waals surface area (Å²) in [7, 11) is 0. The summed E-state index contributed by atoms with van der Waals surface area (Å²) < 4.78 is 5.49. The first-order chi connectivity index (χ1) is 12.2. The van der Waals surface area contributed by atoms with Crippen LogP contribution in [0.15, 0.2) is 0 Å². The molecule has 1 aromatic rings. The van der Waals surface area contributed by atoms with Gasteiger partial charge in [0.2, 0.25) is 0 Å². The number of rotatable bonds is 4. The van der Waals surface area contributed by atoms with Crippen LogP contribution in [0.25, 0.3) is 0 Å². The highest BCUT2D eigenvalue weighted by atomic mass is 32.1. The van der Waals surface area contributed by atoms with Crippen molar-refractivity contribution in [3.8, 4) is 0 Å². The number of hydrogen-bond acceptors (Lipinski definition) is 4. The van der Waals surface area contributed by atoms with E-state index in [1.807, 2.05) is 0 Å². The van der Waals surface area contributed by atoms with Crippen molar-refractivity contribution in [1.29, 1.82) is 0 Å². The summed E-state index contributed by atoms with van der Waals surface area (Å²) in [4.78, 5) is 26.7. The van der Waals surface area contributed by atoms with Crippen LogP contribution in [0, 0.1) is 0 Å². The van der Waals surface area contributed by atoms with E-state index >= 15 is 0 Å². The molecule has 0 radical (unpaired) electrons. The third-order valence-electron chi connectivity index (χ3n) is 5.55. The molecule has 6 heteroatoms. The summed E-state index contributed by atoms with van der Waals surface area (Å²) in [5.74, 6) is -0.111. The van der Waals surface area contributed by atoms with E-state index in [0.29, 0.717) is 6.61 Å². The minimum atomic E-state index is -0.370. The van der Waals surface area contributed by atoms with Crippen LogP contribution in [0.3, 0.4) is 0 Å². The van der Waals surface area contributed by atoms with Crippen molar-refractivity contribution in [2.24, 2.45) is 0 Å². The summed E-state index contributed by atoms with van der Waals surface area (Å²) in [5, 5.41) is 6.93. The largest absolute Gasteiger partial charge is 0.368 e. The molecule has 2 fully saturated rings. The van der Waals surface area contributed by atoms with Gasteiger partial charge in [-0.2, -0.15) is 0 Å². The first-order valence-corrected chi connectivity index (χ1v) is 10.4. The summed E-state index contributed by atoms with van der Waals surface area (Å²) in [6.45, 7) is 0.647. The number of fused-ring (bicyclic) bond motifs is 1. The number of carbonyl (C=O) groups is 2. The van der Waals surface area contributed by atoms with Crippen molar-refractivity contribution < 1.29 is 14.3 Å². The topological polar surface area (TPSA) is 67.4 Å². The highest BCUT2D eigenvalue weighted by Crippen LogP contribution is 2.38. The highest BCUT2D eigenvalue weighted by Gasteiger charge is 2.30. The van der Waals surface area contributed by atoms with Crippen LogP contribution in [-0.2, 0) is 22.4 Å². The second-order valence-corrected chi connectivity index (χ2v) is 8.47. The van der Waals surface area contributed by atoms with Gasteiger partial charge in [-0.05, 0) is 56.9 Å². The quantitative estimate of drug-likeness (QED) is 0.862. The molecule has 0 spiro atoms. The first-order valence-electron chi connectivity index (χ1n) is 9.60. The number of hydrogen-bond donors (Lipinski definition) is 2. The van der Waals surface area contributed by atoms with Gasteiger partial charge in [0.25, 0.3) is 11.8 Å². The van der Waals surface area contributed by atoms with E-state index in [-0.39, 0.29) is 24.0 Å². The molecule has 3 aliphatic rings. The maximum Gasteiger partial charge on any atom is 0.254 e. The normalized spacial score (nSPS) is 23.4. The van der Waals surface area contributed by atoms with E-state index in [1.54, 1.807) is 11.3 Å². The predicted octanol–water partition coefficient (Wildman–Crippen LogP) is 3.42. The second kappa shape index (κ2) is 7.46. The Labute approximate surface area is 152 Å². The van der Waals surface area contributed by atoms with Crippen molar-refractivity contribution in [1.82, 2.24) is 5.32 Å². The van der Waals surface area contributed by atoms with Crippen LogP contribution in [-0.4, -0.2) is 30.6 Å². The van der Waals surface area contributed by atoms with Crippen molar-refractivity contribution in [2.75, 3.05) is 11.9 Å². The fourth-order valence-electron chi connectivity index (χ4n) is 4.20. The number of nitrogens with one attached hydrogen (secondary N) is 2. The van der Waals surface area contributed by atoms with Crippen LogP contribution >= 0.6 is 11.3 Å². The van der Waals surface area contributed by atoms with Crippen molar-refractivity contribution in [3.63, 3.8) is 0 Å². The van der Waals surface area contributed by atoms with Gasteiger partial charge in [0, 0.05) is 17.5 Å². The molecule has 2 aliphatic carbocycles. The van der Waals surface area contributed by atoms with E-state index in [1.165, 1.54) is 17.7 Å². The Hall–Kier alpha value is -1.40. The van der Waals surface area contributed by atoms with E-state index in [9.17, 15) is 9.59 Å². The Balaban J connectivity index is 1.57. The van der Waals surface area contributed by atoms with Crippen LogP contribution < -0.4 is 10.6 Å². The summed E-state index contributed by atoms with van der Waals surface area (Å²) in [6.07, 6.45) is 10.1. The van der Waals surface area contributed by atoms with Crippen molar-refractivity contribution in [3.05, 3.63) is 16.0 Å². The average molecular weight is 362 g/mol. The number of amides is 2. The third kappa shape index (κ3) is 3.60. The van der Waals surface area contributed by atoms with Crippen LogP contribution in [0.5, 0.6) is 0 Å². The van der Waals surface area contributed by atoms with Crippen molar-refractivity contribution in [2.45, 2.75) is 76.4 Å². The standard InChI is InChI=1S/C19H26N2O3S/c22-17(14-9-5-11-24-14)21-19-16(13-8-3-4-10-15(13)25-19)18(23)20-12-6-1-2-7-12/h12,14H,1-11H2,(H,20,23)(H,21,22)/t14-/m1/s1. The molecule has 136 valence electrons. The lowest BCUT2D eigenvalue weighted by Crippen LogP contribution is -2.34. The Morgan fingerprint density at radius 2 is 1.80 bits per heavy atom. The van der Waals surface area contributed by atoms with E-state index in [2.05, 4.69) is 10.6 Å².